The fourth-order valence-corrected chi connectivity index (χ4v) is 2.87. The quantitative estimate of drug-likeness (QED) is 0.842. The second kappa shape index (κ2) is 4.00. The molecule has 0 amide bonds. The van der Waals surface area contributed by atoms with Gasteiger partial charge in [-0.15, -0.1) is 0 Å². The number of thioether (sulfide) groups is 1. The van der Waals surface area contributed by atoms with E-state index in [-0.39, 0.29) is 11.4 Å². The maximum absolute atomic E-state index is 13.1. The van der Waals surface area contributed by atoms with Gasteiger partial charge in [0.2, 0.25) is 0 Å². The monoisotopic (exact) mass is 248 g/mol. The molecule has 0 aliphatic carbocycles. The molecule has 0 bridgehead atoms. The van der Waals surface area contributed by atoms with Crippen molar-refractivity contribution in [1.82, 2.24) is 9.97 Å². The molecule has 1 aliphatic rings. The Kier molecular flexibility index (Phi) is 2.48. The molecule has 0 spiro atoms. The summed E-state index contributed by atoms with van der Waals surface area (Å²) in [7, 11) is 0. The largest absolute Gasteiger partial charge is 0.306 e. The fraction of sp³-hybridized carbons (Fsp3) is 0.167. The van der Waals surface area contributed by atoms with Gasteiger partial charge in [0.05, 0.1) is 5.69 Å². The van der Waals surface area contributed by atoms with Crippen LogP contribution in [0.5, 0.6) is 0 Å². The van der Waals surface area contributed by atoms with Crippen LogP contribution in [0.15, 0.2) is 29.1 Å². The van der Waals surface area contributed by atoms with Crippen LogP contribution in [-0.4, -0.2) is 9.97 Å². The highest BCUT2D eigenvalue weighted by atomic mass is 32.2. The van der Waals surface area contributed by atoms with E-state index >= 15 is 0 Å². The van der Waals surface area contributed by atoms with Gasteiger partial charge < -0.3 is 4.98 Å². The summed E-state index contributed by atoms with van der Waals surface area (Å²) in [5.41, 5.74) is 2.05. The van der Waals surface area contributed by atoms with Crippen LogP contribution >= 0.6 is 11.8 Å². The van der Waals surface area contributed by atoms with Crippen LogP contribution in [0.3, 0.4) is 0 Å². The Labute approximate surface area is 101 Å². The number of hydrogen-bond acceptors (Lipinski definition) is 3. The lowest BCUT2D eigenvalue weighted by Crippen LogP contribution is -2.15. The third kappa shape index (κ3) is 1.86. The number of H-pyrrole nitrogens is 1. The number of benzene rings is 1. The molecule has 0 unspecified atom stereocenters. The molecule has 3 rings (SSSR count). The number of aromatic amines is 1. The summed E-state index contributed by atoms with van der Waals surface area (Å²) in [5.74, 6) is 1.57. The molecular weight excluding hydrogens is 239 g/mol. The predicted molar refractivity (Wildman–Crippen MR) is 65.3 cm³/mol. The summed E-state index contributed by atoms with van der Waals surface area (Å²) >= 11 is 1.67. The molecule has 2 heterocycles. The first-order valence-electron chi connectivity index (χ1n) is 5.20. The van der Waals surface area contributed by atoms with Gasteiger partial charge in [-0.1, -0.05) is 12.1 Å². The smallest absolute Gasteiger partial charge is 0.255 e. The normalized spacial score (nSPS) is 13.7. The van der Waals surface area contributed by atoms with Crippen LogP contribution in [0.2, 0.25) is 0 Å². The van der Waals surface area contributed by atoms with E-state index in [4.69, 9.17) is 0 Å². The molecule has 86 valence electrons. The average molecular weight is 248 g/mol. The second-order valence-corrected chi connectivity index (χ2v) is 4.83. The first kappa shape index (κ1) is 10.5. The van der Waals surface area contributed by atoms with Crippen molar-refractivity contribution in [2.24, 2.45) is 0 Å². The van der Waals surface area contributed by atoms with Gasteiger partial charge in [-0.05, 0) is 12.1 Å². The van der Waals surface area contributed by atoms with Gasteiger partial charge in [0, 0.05) is 22.6 Å². The second-order valence-electron chi connectivity index (χ2n) is 3.84. The zero-order valence-corrected chi connectivity index (χ0v) is 9.68. The van der Waals surface area contributed by atoms with Gasteiger partial charge in [0.25, 0.3) is 5.56 Å². The highest BCUT2D eigenvalue weighted by molar-refractivity contribution is 7.98. The van der Waals surface area contributed by atoms with E-state index in [9.17, 15) is 9.18 Å². The molecule has 1 aromatic heterocycles. The number of aromatic nitrogens is 2. The van der Waals surface area contributed by atoms with Crippen molar-refractivity contribution in [3.8, 4) is 11.4 Å². The minimum atomic E-state index is -0.333. The SMILES string of the molecule is O=c1[nH]c(-c2cccc(F)c2)nc2c1CSC2. The number of nitrogens with one attached hydrogen (secondary N) is 1. The zero-order valence-electron chi connectivity index (χ0n) is 8.87. The topological polar surface area (TPSA) is 45.8 Å². The van der Waals surface area contributed by atoms with Crippen molar-refractivity contribution in [2.45, 2.75) is 11.5 Å². The summed E-state index contributed by atoms with van der Waals surface area (Å²) < 4.78 is 13.1. The number of nitrogens with zero attached hydrogens (tertiary/aromatic N) is 1. The lowest BCUT2D eigenvalue weighted by molar-refractivity contribution is 0.628. The Morgan fingerprint density at radius 2 is 2.24 bits per heavy atom. The minimum Gasteiger partial charge on any atom is -0.306 e. The molecule has 3 nitrogen and oxygen atoms in total. The van der Waals surface area contributed by atoms with E-state index in [1.54, 1.807) is 23.9 Å². The molecule has 1 N–H and O–H groups in total. The summed E-state index contributed by atoms with van der Waals surface area (Å²) in [6.07, 6.45) is 0. The van der Waals surface area contributed by atoms with E-state index in [1.807, 2.05) is 0 Å². The lowest BCUT2D eigenvalue weighted by Gasteiger charge is -2.03. The molecule has 0 radical (unpaired) electrons. The van der Waals surface area contributed by atoms with E-state index in [0.29, 0.717) is 17.1 Å². The van der Waals surface area contributed by atoms with Gasteiger partial charge in [-0.2, -0.15) is 11.8 Å². The minimum absolute atomic E-state index is 0.112. The highest BCUT2D eigenvalue weighted by Gasteiger charge is 2.18. The van der Waals surface area contributed by atoms with Crippen LogP contribution < -0.4 is 5.56 Å². The number of halogens is 1. The van der Waals surface area contributed by atoms with E-state index < -0.39 is 0 Å². The van der Waals surface area contributed by atoms with Crippen molar-refractivity contribution in [3.05, 3.63) is 51.7 Å². The first-order valence-corrected chi connectivity index (χ1v) is 6.35. The Morgan fingerprint density at radius 3 is 3.06 bits per heavy atom. The maximum Gasteiger partial charge on any atom is 0.255 e. The summed E-state index contributed by atoms with van der Waals surface area (Å²) in [4.78, 5) is 18.9. The van der Waals surface area contributed by atoms with Gasteiger partial charge >= 0.3 is 0 Å². The van der Waals surface area contributed by atoms with Crippen molar-refractivity contribution in [1.29, 1.82) is 0 Å². The van der Waals surface area contributed by atoms with Crippen molar-refractivity contribution >= 4 is 11.8 Å². The molecule has 0 saturated carbocycles. The molecule has 17 heavy (non-hydrogen) atoms. The summed E-state index contributed by atoms with van der Waals surface area (Å²) in [5, 5.41) is 0. The zero-order chi connectivity index (χ0) is 11.8. The predicted octanol–water partition coefficient (Wildman–Crippen LogP) is 2.32. The molecule has 1 aliphatic heterocycles. The van der Waals surface area contributed by atoms with Crippen LogP contribution in [0.4, 0.5) is 4.39 Å². The van der Waals surface area contributed by atoms with Crippen LogP contribution in [0.1, 0.15) is 11.3 Å². The number of hydrogen-bond donors (Lipinski definition) is 1. The Bertz CT molecular complexity index is 639. The van der Waals surface area contributed by atoms with Crippen molar-refractivity contribution in [3.63, 3.8) is 0 Å². The number of rotatable bonds is 1. The summed E-state index contributed by atoms with van der Waals surface area (Å²) in [6, 6.07) is 6.07. The molecule has 5 heteroatoms. The van der Waals surface area contributed by atoms with E-state index in [0.717, 1.165) is 17.0 Å². The third-order valence-electron chi connectivity index (χ3n) is 2.68. The first-order chi connectivity index (χ1) is 8.24. The van der Waals surface area contributed by atoms with Gasteiger partial charge in [-0.25, -0.2) is 9.37 Å². The fourth-order valence-electron chi connectivity index (χ4n) is 1.83. The van der Waals surface area contributed by atoms with Crippen LogP contribution in [-0.2, 0) is 11.5 Å². The lowest BCUT2D eigenvalue weighted by atomic mass is 10.2. The van der Waals surface area contributed by atoms with Gasteiger partial charge in [-0.3, -0.25) is 4.79 Å². The Morgan fingerprint density at radius 1 is 1.35 bits per heavy atom. The third-order valence-corrected chi connectivity index (χ3v) is 3.65. The van der Waals surface area contributed by atoms with Crippen molar-refractivity contribution in [2.75, 3.05) is 0 Å². The highest BCUT2D eigenvalue weighted by Crippen LogP contribution is 2.26. The number of fused-ring (bicyclic) bond motifs is 1. The Balaban J connectivity index is 2.16. The molecule has 0 atom stereocenters. The van der Waals surface area contributed by atoms with Gasteiger partial charge in [0.1, 0.15) is 11.6 Å². The van der Waals surface area contributed by atoms with E-state index in [2.05, 4.69) is 9.97 Å². The average Bonchev–Trinajstić information content (AvgIpc) is 2.77. The Hall–Kier alpha value is -1.62. The van der Waals surface area contributed by atoms with Gasteiger partial charge in [0.15, 0.2) is 0 Å². The standard InChI is InChI=1S/C12H9FN2OS/c13-8-3-1-2-7(4-8)11-14-10-6-17-5-9(10)12(16)15-11/h1-4H,5-6H2,(H,14,15,16). The maximum atomic E-state index is 13.1. The molecule has 1 aromatic carbocycles. The molecular formula is C12H9FN2OS. The summed E-state index contributed by atoms with van der Waals surface area (Å²) in [6.45, 7) is 0. The van der Waals surface area contributed by atoms with Crippen molar-refractivity contribution < 1.29 is 4.39 Å². The molecule has 2 aromatic rings. The molecule has 0 saturated heterocycles. The van der Waals surface area contributed by atoms with Crippen LogP contribution in [0.25, 0.3) is 11.4 Å². The molecule has 0 fully saturated rings. The van der Waals surface area contributed by atoms with E-state index in [1.165, 1.54) is 12.1 Å². The van der Waals surface area contributed by atoms with Crippen LogP contribution in [0, 0.1) is 5.82 Å².